The number of anilines is 1. The number of rotatable bonds is 5. The van der Waals surface area contributed by atoms with Crippen LogP contribution in [-0.4, -0.2) is 19.6 Å². The standard InChI is InChI=1S/C21H26ClN5/c1-3-18-19(22)20(27-21(26-18)23-13-24-27)25-14(2)15-9-11-17(12-10-15)16-7-5-4-6-8-16/h9-14,16,25H,3-8H2,1-2H3. The molecular formula is C21H26ClN5. The summed E-state index contributed by atoms with van der Waals surface area (Å²) in [5.41, 5.74) is 3.53. The predicted molar refractivity (Wildman–Crippen MR) is 109 cm³/mol. The summed E-state index contributed by atoms with van der Waals surface area (Å²) in [6.45, 7) is 4.18. The predicted octanol–water partition coefficient (Wildman–Crippen LogP) is 5.56. The lowest BCUT2D eigenvalue weighted by Gasteiger charge is -2.23. The molecule has 5 nitrogen and oxygen atoms in total. The van der Waals surface area contributed by atoms with Gasteiger partial charge in [0.25, 0.3) is 5.78 Å². The van der Waals surface area contributed by atoms with Gasteiger partial charge in [0, 0.05) is 6.04 Å². The molecule has 2 heterocycles. The zero-order valence-corrected chi connectivity index (χ0v) is 16.7. The van der Waals surface area contributed by atoms with Gasteiger partial charge in [-0.3, -0.25) is 0 Å². The zero-order valence-electron chi connectivity index (χ0n) is 16.0. The molecule has 6 heteroatoms. The lowest BCUT2D eigenvalue weighted by atomic mass is 9.84. The molecule has 3 aromatic rings. The third kappa shape index (κ3) is 3.65. The highest BCUT2D eigenvalue weighted by molar-refractivity contribution is 6.33. The summed E-state index contributed by atoms with van der Waals surface area (Å²) in [6, 6.07) is 9.15. The van der Waals surface area contributed by atoms with Crippen molar-refractivity contribution in [1.82, 2.24) is 19.6 Å². The van der Waals surface area contributed by atoms with E-state index in [1.54, 1.807) is 4.52 Å². The highest BCUT2D eigenvalue weighted by atomic mass is 35.5. The molecule has 27 heavy (non-hydrogen) atoms. The second-order valence-electron chi connectivity index (χ2n) is 7.41. The van der Waals surface area contributed by atoms with Gasteiger partial charge in [-0.1, -0.05) is 62.1 Å². The topological polar surface area (TPSA) is 55.1 Å². The fourth-order valence-electron chi connectivity index (χ4n) is 4.01. The van der Waals surface area contributed by atoms with E-state index >= 15 is 0 Å². The van der Waals surface area contributed by atoms with Crippen LogP contribution in [0.4, 0.5) is 5.82 Å². The first-order valence-corrected chi connectivity index (χ1v) is 10.3. The average molecular weight is 384 g/mol. The van der Waals surface area contributed by atoms with E-state index in [9.17, 15) is 0 Å². The summed E-state index contributed by atoms with van der Waals surface area (Å²) < 4.78 is 1.67. The number of hydrogen-bond donors (Lipinski definition) is 1. The molecule has 1 atom stereocenters. The summed E-state index contributed by atoms with van der Waals surface area (Å²) in [5, 5.41) is 8.40. The van der Waals surface area contributed by atoms with Gasteiger partial charge in [-0.05, 0) is 43.2 Å². The molecule has 142 valence electrons. The zero-order chi connectivity index (χ0) is 18.8. The van der Waals surface area contributed by atoms with Crippen molar-refractivity contribution in [3.8, 4) is 0 Å². The molecule has 0 saturated heterocycles. The fraction of sp³-hybridized carbons (Fsp3) is 0.476. The molecule has 0 radical (unpaired) electrons. The first kappa shape index (κ1) is 18.2. The number of benzene rings is 1. The molecule has 0 spiro atoms. The summed E-state index contributed by atoms with van der Waals surface area (Å²) in [7, 11) is 0. The summed E-state index contributed by atoms with van der Waals surface area (Å²) in [4.78, 5) is 8.69. The van der Waals surface area contributed by atoms with Crippen molar-refractivity contribution >= 4 is 23.2 Å². The molecular weight excluding hydrogens is 358 g/mol. The second-order valence-corrected chi connectivity index (χ2v) is 7.79. The van der Waals surface area contributed by atoms with Gasteiger partial charge in [-0.25, -0.2) is 4.98 Å². The number of nitrogens with zero attached hydrogens (tertiary/aromatic N) is 4. The van der Waals surface area contributed by atoms with Crippen LogP contribution in [0.2, 0.25) is 5.02 Å². The molecule has 0 amide bonds. The fourth-order valence-corrected chi connectivity index (χ4v) is 4.32. The number of aryl methyl sites for hydroxylation is 1. The minimum Gasteiger partial charge on any atom is -0.362 e. The van der Waals surface area contributed by atoms with Crippen LogP contribution in [0.25, 0.3) is 5.78 Å². The Bertz CT molecular complexity index is 912. The van der Waals surface area contributed by atoms with Crippen molar-refractivity contribution in [3.63, 3.8) is 0 Å². The average Bonchev–Trinajstić information content (AvgIpc) is 3.19. The Kier molecular flexibility index (Phi) is 5.30. The Labute approximate surface area is 165 Å². The maximum absolute atomic E-state index is 6.59. The van der Waals surface area contributed by atoms with E-state index in [4.69, 9.17) is 11.6 Å². The lowest BCUT2D eigenvalue weighted by Crippen LogP contribution is -2.13. The van der Waals surface area contributed by atoms with Crippen LogP contribution < -0.4 is 5.32 Å². The number of nitrogens with one attached hydrogen (secondary N) is 1. The first-order valence-electron chi connectivity index (χ1n) is 9.92. The van der Waals surface area contributed by atoms with Gasteiger partial charge >= 0.3 is 0 Å². The minimum atomic E-state index is 0.0995. The molecule has 1 fully saturated rings. The summed E-state index contributed by atoms with van der Waals surface area (Å²) >= 11 is 6.59. The molecule has 1 aliphatic rings. The van der Waals surface area contributed by atoms with Crippen molar-refractivity contribution < 1.29 is 0 Å². The van der Waals surface area contributed by atoms with E-state index in [-0.39, 0.29) is 6.04 Å². The van der Waals surface area contributed by atoms with Gasteiger partial charge in [-0.15, -0.1) is 0 Å². The molecule has 1 unspecified atom stereocenters. The largest absolute Gasteiger partial charge is 0.362 e. The Morgan fingerprint density at radius 2 is 1.93 bits per heavy atom. The van der Waals surface area contributed by atoms with Crippen molar-refractivity contribution in [2.75, 3.05) is 5.32 Å². The van der Waals surface area contributed by atoms with E-state index in [1.807, 2.05) is 6.92 Å². The van der Waals surface area contributed by atoms with Crippen molar-refractivity contribution in [2.45, 2.75) is 64.3 Å². The van der Waals surface area contributed by atoms with Gasteiger partial charge in [0.15, 0.2) is 5.82 Å². The van der Waals surface area contributed by atoms with Gasteiger partial charge < -0.3 is 5.32 Å². The van der Waals surface area contributed by atoms with Crippen molar-refractivity contribution in [3.05, 3.63) is 52.4 Å². The number of halogens is 1. The van der Waals surface area contributed by atoms with Crippen molar-refractivity contribution in [1.29, 1.82) is 0 Å². The van der Waals surface area contributed by atoms with Crippen LogP contribution in [0.3, 0.4) is 0 Å². The highest BCUT2D eigenvalue weighted by Gasteiger charge is 2.18. The molecule has 0 aliphatic heterocycles. The van der Waals surface area contributed by atoms with Gasteiger partial charge in [-0.2, -0.15) is 14.6 Å². The highest BCUT2D eigenvalue weighted by Crippen LogP contribution is 2.34. The van der Waals surface area contributed by atoms with Crippen LogP contribution in [0.1, 0.15) is 74.7 Å². The number of aromatic nitrogens is 4. The van der Waals surface area contributed by atoms with Crippen LogP contribution in [0.5, 0.6) is 0 Å². The smallest absolute Gasteiger partial charge is 0.254 e. The van der Waals surface area contributed by atoms with Crippen LogP contribution >= 0.6 is 11.6 Å². The normalized spacial score (nSPS) is 16.6. The molecule has 1 aliphatic carbocycles. The van der Waals surface area contributed by atoms with E-state index in [2.05, 4.69) is 51.6 Å². The van der Waals surface area contributed by atoms with Gasteiger partial charge in [0.2, 0.25) is 0 Å². The molecule has 0 bridgehead atoms. The van der Waals surface area contributed by atoms with E-state index in [1.165, 1.54) is 49.6 Å². The maximum Gasteiger partial charge on any atom is 0.254 e. The number of fused-ring (bicyclic) bond motifs is 1. The van der Waals surface area contributed by atoms with Crippen LogP contribution in [0.15, 0.2) is 30.6 Å². The molecule has 1 aromatic carbocycles. The molecule has 2 aromatic heterocycles. The third-order valence-electron chi connectivity index (χ3n) is 5.64. The Morgan fingerprint density at radius 3 is 2.63 bits per heavy atom. The van der Waals surface area contributed by atoms with Crippen molar-refractivity contribution in [2.24, 2.45) is 0 Å². The van der Waals surface area contributed by atoms with Crippen LogP contribution in [0, 0.1) is 0 Å². The summed E-state index contributed by atoms with van der Waals surface area (Å²) in [5.74, 6) is 2.05. The van der Waals surface area contributed by atoms with E-state index in [0.717, 1.165) is 23.9 Å². The quantitative estimate of drug-likeness (QED) is 0.626. The molecule has 4 rings (SSSR count). The first-order chi connectivity index (χ1) is 13.2. The molecule has 1 N–H and O–H groups in total. The van der Waals surface area contributed by atoms with Gasteiger partial charge in [0.05, 0.1) is 5.69 Å². The Hall–Kier alpha value is -2.14. The SMILES string of the molecule is CCc1nc2ncnn2c(NC(C)c2ccc(C3CCCCC3)cc2)c1Cl. The van der Waals surface area contributed by atoms with Crippen LogP contribution in [-0.2, 0) is 6.42 Å². The maximum atomic E-state index is 6.59. The van der Waals surface area contributed by atoms with E-state index < -0.39 is 0 Å². The third-order valence-corrected chi connectivity index (χ3v) is 6.04. The number of hydrogen-bond acceptors (Lipinski definition) is 4. The van der Waals surface area contributed by atoms with E-state index in [0.29, 0.717) is 10.8 Å². The minimum absolute atomic E-state index is 0.0995. The monoisotopic (exact) mass is 383 g/mol. The summed E-state index contributed by atoms with van der Waals surface area (Å²) in [6.07, 6.45) is 9.01. The van der Waals surface area contributed by atoms with Gasteiger partial charge in [0.1, 0.15) is 11.3 Å². The Balaban J connectivity index is 1.57. The Morgan fingerprint density at radius 1 is 1.19 bits per heavy atom. The lowest BCUT2D eigenvalue weighted by molar-refractivity contribution is 0.443. The second kappa shape index (κ2) is 7.85. The molecule has 1 saturated carbocycles.